The first-order chi connectivity index (χ1) is 15.3. The Morgan fingerprint density at radius 3 is 2.34 bits per heavy atom. The number of ketones is 1. The van der Waals surface area contributed by atoms with Crippen molar-refractivity contribution < 1.29 is 19.4 Å². The second-order valence-corrected chi connectivity index (χ2v) is 8.93. The van der Waals surface area contributed by atoms with Crippen molar-refractivity contribution in [1.82, 2.24) is 4.98 Å². The Kier molecular flexibility index (Phi) is 6.04. The van der Waals surface area contributed by atoms with E-state index in [1.807, 2.05) is 20.8 Å². The summed E-state index contributed by atoms with van der Waals surface area (Å²) in [5, 5.41) is 12.0. The Morgan fingerprint density at radius 1 is 1.12 bits per heavy atom. The van der Waals surface area contributed by atoms with Gasteiger partial charge < -0.3 is 9.84 Å². The van der Waals surface area contributed by atoms with Crippen LogP contribution in [0.3, 0.4) is 0 Å². The third-order valence-electron chi connectivity index (χ3n) is 5.29. The molecule has 0 unspecified atom stereocenters. The number of hydrogen-bond acceptors (Lipinski definition) is 6. The number of rotatable bonds is 5. The zero-order valence-corrected chi connectivity index (χ0v) is 19.3. The van der Waals surface area contributed by atoms with Gasteiger partial charge in [0.25, 0.3) is 5.78 Å². The minimum Gasteiger partial charge on any atom is -0.507 e. The Morgan fingerprint density at radius 2 is 1.78 bits per heavy atom. The van der Waals surface area contributed by atoms with Crippen molar-refractivity contribution >= 4 is 45.5 Å². The van der Waals surface area contributed by atoms with Gasteiger partial charge in [0.15, 0.2) is 5.13 Å². The quantitative estimate of drug-likeness (QED) is 0.306. The first-order valence-corrected chi connectivity index (χ1v) is 11.2. The van der Waals surface area contributed by atoms with E-state index in [-0.39, 0.29) is 11.3 Å². The van der Waals surface area contributed by atoms with Crippen molar-refractivity contribution in [3.8, 4) is 5.75 Å². The molecule has 1 fully saturated rings. The largest absolute Gasteiger partial charge is 0.507 e. The second kappa shape index (κ2) is 8.76. The number of carbonyl (C=O) groups is 2. The smallest absolute Gasteiger partial charge is 0.301 e. The fraction of sp³-hybridized carbons (Fsp3) is 0.208. The number of aryl methyl sites for hydroxylation is 2. The molecule has 0 aliphatic carbocycles. The van der Waals surface area contributed by atoms with Crippen LogP contribution in [0.4, 0.5) is 5.13 Å². The van der Waals surface area contributed by atoms with Gasteiger partial charge in [0.05, 0.1) is 23.9 Å². The summed E-state index contributed by atoms with van der Waals surface area (Å²) in [5.41, 5.74) is 1.85. The molecule has 6 nitrogen and oxygen atoms in total. The first-order valence-electron chi connectivity index (χ1n) is 10.1. The molecule has 0 radical (unpaired) electrons. The van der Waals surface area contributed by atoms with Gasteiger partial charge in [-0.15, -0.1) is 11.3 Å². The molecular formula is C24H21ClN2O4S. The number of halogens is 1. The maximum absolute atomic E-state index is 13.1. The van der Waals surface area contributed by atoms with E-state index in [1.54, 1.807) is 48.5 Å². The fourth-order valence-electron chi connectivity index (χ4n) is 3.58. The number of Topliss-reactive ketones (excluding diaryl/α,β-unsaturated/α-hetero) is 1. The zero-order valence-electron chi connectivity index (χ0n) is 17.8. The van der Waals surface area contributed by atoms with E-state index in [0.717, 1.165) is 10.6 Å². The molecule has 0 bridgehead atoms. The van der Waals surface area contributed by atoms with Crippen molar-refractivity contribution in [3.63, 3.8) is 0 Å². The highest BCUT2D eigenvalue weighted by molar-refractivity contribution is 7.16. The molecule has 0 spiro atoms. The minimum atomic E-state index is -0.827. The number of benzene rings is 2. The number of aliphatic hydroxyl groups is 1. The van der Waals surface area contributed by atoms with Crippen LogP contribution in [0.15, 0.2) is 54.1 Å². The van der Waals surface area contributed by atoms with Crippen molar-refractivity contribution in [1.29, 1.82) is 0 Å². The van der Waals surface area contributed by atoms with Gasteiger partial charge in [0.2, 0.25) is 0 Å². The maximum atomic E-state index is 13.1. The van der Waals surface area contributed by atoms with E-state index >= 15 is 0 Å². The number of ether oxygens (including phenoxy) is 1. The van der Waals surface area contributed by atoms with Crippen LogP contribution in [-0.4, -0.2) is 28.4 Å². The molecular weight excluding hydrogens is 448 g/mol. The fourth-order valence-corrected chi connectivity index (χ4v) is 4.64. The van der Waals surface area contributed by atoms with Gasteiger partial charge in [-0.2, -0.15) is 0 Å². The number of aromatic nitrogens is 1. The molecule has 2 aromatic carbocycles. The summed E-state index contributed by atoms with van der Waals surface area (Å²) in [7, 11) is 0. The molecule has 8 heteroatoms. The number of anilines is 1. The van der Waals surface area contributed by atoms with Crippen LogP contribution in [0.2, 0.25) is 5.02 Å². The van der Waals surface area contributed by atoms with Crippen molar-refractivity contribution in [3.05, 3.63) is 80.8 Å². The maximum Gasteiger partial charge on any atom is 0.301 e. The van der Waals surface area contributed by atoms with Gasteiger partial charge in [0, 0.05) is 15.5 Å². The average molecular weight is 469 g/mol. The number of nitrogens with zero attached hydrogens (tertiary/aromatic N) is 2. The lowest BCUT2D eigenvalue weighted by molar-refractivity contribution is -0.132. The SMILES string of the molecule is CCOc1ccc([C@H]2/C(=C(\O)c3ccc(Cl)cc3)C(=O)C(=O)N2c2nc(C)c(C)s2)cc1. The van der Waals surface area contributed by atoms with Crippen LogP contribution in [0.5, 0.6) is 5.75 Å². The highest BCUT2D eigenvalue weighted by atomic mass is 35.5. The van der Waals surface area contributed by atoms with E-state index in [0.29, 0.717) is 33.6 Å². The summed E-state index contributed by atoms with van der Waals surface area (Å²) in [6.07, 6.45) is 0. The lowest BCUT2D eigenvalue weighted by Crippen LogP contribution is -2.29. The van der Waals surface area contributed by atoms with Crippen LogP contribution in [0.25, 0.3) is 5.76 Å². The molecule has 1 atom stereocenters. The number of aliphatic hydroxyl groups excluding tert-OH is 1. The van der Waals surface area contributed by atoms with Gasteiger partial charge in [-0.05, 0) is 62.7 Å². The third kappa shape index (κ3) is 3.89. The second-order valence-electron chi connectivity index (χ2n) is 7.32. The molecule has 32 heavy (non-hydrogen) atoms. The third-order valence-corrected chi connectivity index (χ3v) is 6.62. The summed E-state index contributed by atoms with van der Waals surface area (Å²) in [4.78, 5) is 33.1. The summed E-state index contributed by atoms with van der Waals surface area (Å²) >= 11 is 7.30. The highest BCUT2D eigenvalue weighted by Gasteiger charge is 2.48. The summed E-state index contributed by atoms with van der Waals surface area (Å²) in [5.74, 6) is -1.08. The Labute approximate surface area is 194 Å². The first kappa shape index (κ1) is 22.0. The monoisotopic (exact) mass is 468 g/mol. The zero-order chi connectivity index (χ0) is 23.0. The molecule has 1 aromatic heterocycles. The number of amides is 1. The molecule has 4 rings (SSSR count). The molecule has 0 saturated carbocycles. The van der Waals surface area contributed by atoms with Crippen molar-refractivity contribution in [2.24, 2.45) is 0 Å². The van der Waals surface area contributed by atoms with Crippen LogP contribution in [0, 0.1) is 13.8 Å². The Balaban J connectivity index is 1.90. The minimum absolute atomic E-state index is 0.00647. The van der Waals surface area contributed by atoms with Crippen LogP contribution < -0.4 is 9.64 Å². The summed E-state index contributed by atoms with van der Waals surface area (Å²) in [6.45, 7) is 6.17. The summed E-state index contributed by atoms with van der Waals surface area (Å²) in [6, 6.07) is 12.8. The molecule has 1 amide bonds. The predicted octanol–water partition coefficient (Wildman–Crippen LogP) is 5.44. The van der Waals surface area contributed by atoms with Gasteiger partial charge in [0.1, 0.15) is 11.5 Å². The van der Waals surface area contributed by atoms with E-state index in [4.69, 9.17) is 16.3 Å². The summed E-state index contributed by atoms with van der Waals surface area (Å²) < 4.78 is 5.52. The predicted molar refractivity (Wildman–Crippen MR) is 125 cm³/mol. The van der Waals surface area contributed by atoms with Crippen molar-refractivity contribution in [2.45, 2.75) is 26.8 Å². The van der Waals surface area contributed by atoms with Gasteiger partial charge in [-0.25, -0.2) is 4.98 Å². The standard InChI is InChI=1S/C24H21ClN2O4S/c1-4-31-18-11-7-15(8-12-18)20-19(21(28)16-5-9-17(25)10-6-16)22(29)23(30)27(20)24-26-13(2)14(3)32-24/h5-12,20,28H,4H2,1-3H3/b21-19+/t20-/m0/s1. The van der Waals surface area contributed by atoms with Gasteiger partial charge >= 0.3 is 5.91 Å². The molecule has 1 N–H and O–H groups in total. The van der Waals surface area contributed by atoms with Crippen LogP contribution >= 0.6 is 22.9 Å². The molecule has 3 aromatic rings. The van der Waals surface area contributed by atoms with E-state index in [2.05, 4.69) is 4.98 Å². The van der Waals surface area contributed by atoms with E-state index in [1.165, 1.54) is 16.2 Å². The van der Waals surface area contributed by atoms with Crippen molar-refractivity contribution in [2.75, 3.05) is 11.5 Å². The number of carbonyl (C=O) groups excluding carboxylic acids is 2. The molecule has 164 valence electrons. The van der Waals surface area contributed by atoms with Gasteiger partial charge in [-0.3, -0.25) is 14.5 Å². The highest BCUT2D eigenvalue weighted by Crippen LogP contribution is 2.44. The lowest BCUT2D eigenvalue weighted by Gasteiger charge is -2.23. The average Bonchev–Trinajstić information content (AvgIpc) is 3.24. The number of hydrogen-bond donors (Lipinski definition) is 1. The van der Waals surface area contributed by atoms with E-state index in [9.17, 15) is 14.7 Å². The molecule has 2 heterocycles. The Hall–Kier alpha value is -3.16. The topological polar surface area (TPSA) is 79.7 Å². The van der Waals surface area contributed by atoms with E-state index < -0.39 is 17.7 Å². The molecule has 1 aliphatic rings. The van der Waals surface area contributed by atoms with Crippen LogP contribution in [-0.2, 0) is 9.59 Å². The molecule has 1 aliphatic heterocycles. The van der Waals surface area contributed by atoms with Gasteiger partial charge in [-0.1, -0.05) is 23.7 Å². The normalized spacial score (nSPS) is 17.8. The number of thiazole rings is 1. The Bertz CT molecular complexity index is 1200. The lowest BCUT2D eigenvalue weighted by atomic mass is 9.95. The van der Waals surface area contributed by atoms with Crippen LogP contribution in [0.1, 0.15) is 34.7 Å². The molecule has 1 saturated heterocycles.